The van der Waals surface area contributed by atoms with Gasteiger partial charge in [0.15, 0.2) is 0 Å². The van der Waals surface area contributed by atoms with Gasteiger partial charge < -0.3 is 5.11 Å². The van der Waals surface area contributed by atoms with Gasteiger partial charge in [0.25, 0.3) is 0 Å². The molecule has 3 heteroatoms. The third-order valence-corrected chi connectivity index (χ3v) is 4.88. The van der Waals surface area contributed by atoms with E-state index in [1.165, 1.54) is 25.7 Å². The molecule has 0 aromatic carbocycles. The number of nitrogens with zero attached hydrogens (tertiary/aromatic N) is 2. The summed E-state index contributed by atoms with van der Waals surface area (Å²) in [4.78, 5) is 6.87. The summed E-state index contributed by atoms with van der Waals surface area (Å²) < 4.78 is 0. The Labute approximate surface area is 116 Å². The molecule has 0 radical (unpaired) electrons. The van der Waals surface area contributed by atoms with Crippen molar-refractivity contribution in [1.29, 1.82) is 0 Å². The first-order valence-corrected chi connectivity index (χ1v) is 7.46. The minimum atomic E-state index is 0.327. The lowest BCUT2D eigenvalue weighted by molar-refractivity contribution is 0.0895. The van der Waals surface area contributed by atoms with Crippen LogP contribution >= 0.6 is 0 Å². The van der Waals surface area contributed by atoms with Crippen molar-refractivity contribution in [3.8, 4) is 5.75 Å². The van der Waals surface area contributed by atoms with Gasteiger partial charge in [0.05, 0.1) is 5.69 Å². The minimum Gasteiger partial charge on any atom is -0.506 e. The molecule has 0 unspecified atom stereocenters. The van der Waals surface area contributed by atoms with Crippen LogP contribution in [0.5, 0.6) is 5.75 Å². The third-order valence-electron chi connectivity index (χ3n) is 4.88. The van der Waals surface area contributed by atoms with E-state index >= 15 is 0 Å². The first-order valence-electron chi connectivity index (χ1n) is 7.46. The van der Waals surface area contributed by atoms with Crippen LogP contribution in [0.15, 0.2) is 12.1 Å². The highest BCUT2D eigenvalue weighted by atomic mass is 16.3. The average molecular weight is 262 g/mol. The van der Waals surface area contributed by atoms with Gasteiger partial charge in [-0.25, -0.2) is 0 Å². The van der Waals surface area contributed by atoms with E-state index in [1.807, 2.05) is 13.0 Å². The number of pyridine rings is 1. The van der Waals surface area contributed by atoms with Crippen LogP contribution in [0, 0.1) is 12.3 Å². The van der Waals surface area contributed by atoms with Crippen molar-refractivity contribution in [2.24, 2.45) is 5.41 Å². The fourth-order valence-electron chi connectivity index (χ4n) is 3.07. The van der Waals surface area contributed by atoms with E-state index in [2.05, 4.69) is 23.7 Å². The Morgan fingerprint density at radius 3 is 2.42 bits per heavy atom. The van der Waals surface area contributed by atoms with Gasteiger partial charge >= 0.3 is 0 Å². The molecule has 0 saturated carbocycles. The lowest BCUT2D eigenvalue weighted by Gasteiger charge is -2.41. The van der Waals surface area contributed by atoms with E-state index in [1.54, 1.807) is 6.07 Å². The van der Waals surface area contributed by atoms with Crippen molar-refractivity contribution in [2.75, 3.05) is 13.1 Å². The highest BCUT2D eigenvalue weighted by Gasteiger charge is 2.31. The van der Waals surface area contributed by atoms with E-state index in [0.29, 0.717) is 11.2 Å². The number of rotatable bonds is 4. The fraction of sp³-hybridized carbons (Fsp3) is 0.688. The Balaban J connectivity index is 1.97. The van der Waals surface area contributed by atoms with Gasteiger partial charge in [-0.05, 0) is 50.4 Å². The molecule has 3 nitrogen and oxygen atoms in total. The zero-order valence-electron chi connectivity index (χ0n) is 12.4. The van der Waals surface area contributed by atoms with Gasteiger partial charge in [0.1, 0.15) is 5.75 Å². The molecule has 0 amide bonds. The molecule has 0 bridgehead atoms. The monoisotopic (exact) mass is 262 g/mol. The van der Waals surface area contributed by atoms with Crippen molar-refractivity contribution >= 4 is 0 Å². The van der Waals surface area contributed by atoms with Crippen molar-refractivity contribution < 1.29 is 5.11 Å². The number of piperidine rings is 1. The van der Waals surface area contributed by atoms with Crippen molar-refractivity contribution in [3.05, 3.63) is 23.5 Å². The molecule has 0 atom stereocenters. The molecular weight excluding hydrogens is 236 g/mol. The molecule has 2 heterocycles. The maximum absolute atomic E-state index is 9.87. The first-order chi connectivity index (χ1) is 9.08. The Kier molecular flexibility index (Phi) is 4.46. The number of aryl methyl sites for hydroxylation is 1. The van der Waals surface area contributed by atoms with Crippen LogP contribution in [0.1, 0.15) is 50.9 Å². The van der Waals surface area contributed by atoms with Gasteiger partial charge in [-0.15, -0.1) is 0 Å². The number of hydrogen-bond acceptors (Lipinski definition) is 3. The topological polar surface area (TPSA) is 36.4 Å². The van der Waals surface area contributed by atoms with Gasteiger partial charge in [-0.3, -0.25) is 9.88 Å². The quantitative estimate of drug-likeness (QED) is 0.902. The molecule has 106 valence electrons. The molecule has 19 heavy (non-hydrogen) atoms. The van der Waals surface area contributed by atoms with Crippen molar-refractivity contribution in [1.82, 2.24) is 9.88 Å². The first kappa shape index (κ1) is 14.3. The second-order valence-corrected chi connectivity index (χ2v) is 5.90. The minimum absolute atomic E-state index is 0.327. The second-order valence-electron chi connectivity index (χ2n) is 5.90. The Morgan fingerprint density at radius 2 is 1.84 bits per heavy atom. The van der Waals surface area contributed by atoms with Crippen LogP contribution in [0.25, 0.3) is 0 Å². The number of hydrogen-bond donors (Lipinski definition) is 1. The maximum atomic E-state index is 9.87. The van der Waals surface area contributed by atoms with Gasteiger partial charge in [-0.2, -0.15) is 0 Å². The van der Waals surface area contributed by atoms with Crippen LogP contribution in [0.3, 0.4) is 0 Å². The average Bonchev–Trinajstić information content (AvgIpc) is 2.44. The molecular formula is C16H26N2O. The Hall–Kier alpha value is -1.09. The van der Waals surface area contributed by atoms with Gasteiger partial charge in [0.2, 0.25) is 0 Å². The van der Waals surface area contributed by atoms with E-state index in [-0.39, 0.29) is 0 Å². The molecule has 2 rings (SSSR count). The van der Waals surface area contributed by atoms with Crippen LogP contribution < -0.4 is 0 Å². The fourth-order valence-corrected chi connectivity index (χ4v) is 3.07. The summed E-state index contributed by atoms with van der Waals surface area (Å²) in [6.07, 6.45) is 5.11. The molecule has 1 aliphatic heterocycles. The predicted octanol–water partition coefficient (Wildman–Crippen LogP) is 3.50. The normalized spacial score (nSPS) is 19.5. The van der Waals surface area contributed by atoms with Gasteiger partial charge in [0, 0.05) is 12.2 Å². The summed E-state index contributed by atoms with van der Waals surface area (Å²) in [6, 6.07) is 3.61. The Bertz CT molecular complexity index is 417. The molecule has 1 aliphatic rings. The molecule has 0 aliphatic carbocycles. The summed E-state index contributed by atoms with van der Waals surface area (Å²) in [5, 5.41) is 9.87. The van der Waals surface area contributed by atoms with Crippen LogP contribution in [0.2, 0.25) is 0 Å². The third kappa shape index (κ3) is 3.27. The van der Waals surface area contributed by atoms with Crippen LogP contribution in [-0.4, -0.2) is 28.1 Å². The molecule has 1 aromatic rings. The van der Waals surface area contributed by atoms with E-state index in [0.717, 1.165) is 31.0 Å². The largest absolute Gasteiger partial charge is 0.506 e. The molecule has 0 spiro atoms. The summed E-state index contributed by atoms with van der Waals surface area (Å²) in [5.41, 5.74) is 2.35. The maximum Gasteiger partial charge on any atom is 0.138 e. The van der Waals surface area contributed by atoms with E-state index < -0.39 is 0 Å². The van der Waals surface area contributed by atoms with E-state index in [4.69, 9.17) is 0 Å². The number of likely N-dealkylation sites (tertiary alicyclic amines) is 1. The summed E-state index contributed by atoms with van der Waals surface area (Å²) in [5.74, 6) is 0.327. The molecule has 1 fully saturated rings. The zero-order valence-corrected chi connectivity index (χ0v) is 12.4. The standard InChI is InChI=1S/C16H26N2O/c1-4-16(5-2)8-10-18(11-9-16)12-14-15(19)7-6-13(3)17-14/h6-7,19H,4-5,8-12H2,1-3H3. The zero-order chi connectivity index (χ0) is 13.9. The number of aromatic nitrogens is 1. The van der Waals surface area contributed by atoms with E-state index in [9.17, 15) is 5.11 Å². The molecule has 1 aromatic heterocycles. The summed E-state index contributed by atoms with van der Waals surface area (Å²) >= 11 is 0. The second kappa shape index (κ2) is 5.91. The van der Waals surface area contributed by atoms with Crippen LogP contribution in [-0.2, 0) is 6.54 Å². The highest BCUT2D eigenvalue weighted by Crippen LogP contribution is 2.38. The Morgan fingerprint density at radius 1 is 1.21 bits per heavy atom. The summed E-state index contributed by atoms with van der Waals surface area (Å²) in [7, 11) is 0. The van der Waals surface area contributed by atoms with Crippen molar-refractivity contribution in [2.45, 2.75) is 53.0 Å². The smallest absolute Gasteiger partial charge is 0.138 e. The summed E-state index contributed by atoms with van der Waals surface area (Å²) in [6.45, 7) is 9.61. The lowest BCUT2D eigenvalue weighted by Crippen LogP contribution is -2.39. The SMILES string of the molecule is CCC1(CC)CCN(Cc2nc(C)ccc2O)CC1. The lowest BCUT2D eigenvalue weighted by atomic mass is 9.74. The number of aromatic hydroxyl groups is 1. The van der Waals surface area contributed by atoms with Crippen molar-refractivity contribution in [3.63, 3.8) is 0 Å². The predicted molar refractivity (Wildman–Crippen MR) is 78.2 cm³/mol. The van der Waals surface area contributed by atoms with Crippen LogP contribution in [0.4, 0.5) is 0 Å². The molecule has 1 N–H and O–H groups in total. The molecule has 1 saturated heterocycles. The highest BCUT2D eigenvalue weighted by molar-refractivity contribution is 5.27. The van der Waals surface area contributed by atoms with Gasteiger partial charge in [-0.1, -0.05) is 26.7 Å².